The number of nitrogens with one attached hydrogen (secondary N) is 1. The van der Waals surface area contributed by atoms with E-state index in [1.54, 1.807) is 0 Å². The van der Waals surface area contributed by atoms with E-state index in [2.05, 4.69) is 47.6 Å². The quantitative estimate of drug-likeness (QED) is 0.907. The third-order valence-electron chi connectivity index (χ3n) is 3.97. The minimum Gasteiger partial charge on any atom is -0.370 e. The van der Waals surface area contributed by atoms with Crippen LogP contribution in [0, 0.1) is 0 Å². The molecule has 1 aromatic heterocycles. The minimum absolute atomic E-state index is 0.0344. The Bertz CT molecular complexity index is 547. The van der Waals surface area contributed by atoms with Crippen LogP contribution >= 0.6 is 0 Å². The van der Waals surface area contributed by atoms with E-state index in [0.29, 0.717) is 0 Å². The molecule has 19 heavy (non-hydrogen) atoms. The molecule has 0 spiro atoms. The lowest BCUT2D eigenvalue weighted by molar-refractivity contribution is 0.285. The lowest BCUT2D eigenvalue weighted by Crippen LogP contribution is -2.37. The molecule has 0 unspecified atom stereocenters. The van der Waals surface area contributed by atoms with Crippen molar-refractivity contribution in [2.24, 2.45) is 0 Å². The van der Waals surface area contributed by atoms with Gasteiger partial charge in [0.15, 0.2) is 0 Å². The molecule has 0 atom stereocenters. The van der Waals surface area contributed by atoms with Gasteiger partial charge in [0.05, 0.1) is 5.41 Å². The van der Waals surface area contributed by atoms with Crippen molar-refractivity contribution < 1.29 is 0 Å². The zero-order valence-electron chi connectivity index (χ0n) is 11.3. The summed E-state index contributed by atoms with van der Waals surface area (Å²) in [5.41, 5.74) is 1.38. The predicted molar refractivity (Wildman–Crippen MR) is 77.3 cm³/mol. The molecule has 0 saturated heterocycles. The Morgan fingerprint density at radius 3 is 2.58 bits per heavy atom. The van der Waals surface area contributed by atoms with Crippen molar-refractivity contribution >= 4 is 5.82 Å². The first kappa shape index (κ1) is 12.2. The van der Waals surface area contributed by atoms with E-state index in [0.717, 1.165) is 31.0 Å². The first-order valence-electron chi connectivity index (χ1n) is 6.98. The van der Waals surface area contributed by atoms with Crippen molar-refractivity contribution in [3.05, 3.63) is 54.0 Å². The molecule has 3 rings (SSSR count). The minimum atomic E-state index is 0.0344. The summed E-state index contributed by atoms with van der Waals surface area (Å²) < 4.78 is 0. The molecule has 1 saturated carbocycles. The Balaban J connectivity index is 2.00. The second kappa shape index (κ2) is 5.00. The van der Waals surface area contributed by atoms with Crippen molar-refractivity contribution in [2.45, 2.75) is 31.6 Å². The summed E-state index contributed by atoms with van der Waals surface area (Å²) in [4.78, 5) is 9.25. The van der Waals surface area contributed by atoms with Gasteiger partial charge in [-0.05, 0) is 31.4 Å². The van der Waals surface area contributed by atoms with Gasteiger partial charge in [0, 0.05) is 12.7 Å². The molecule has 3 heteroatoms. The van der Waals surface area contributed by atoms with Crippen LogP contribution in [-0.2, 0) is 5.41 Å². The van der Waals surface area contributed by atoms with Gasteiger partial charge < -0.3 is 5.32 Å². The zero-order chi connectivity index (χ0) is 13.1. The maximum Gasteiger partial charge on any atom is 0.141 e. The number of nitrogens with zero attached hydrogens (tertiary/aromatic N) is 2. The molecule has 1 aliphatic rings. The van der Waals surface area contributed by atoms with Crippen LogP contribution in [0.5, 0.6) is 0 Å². The summed E-state index contributed by atoms with van der Waals surface area (Å²) in [6, 6.07) is 12.6. The third kappa shape index (κ3) is 2.09. The molecule has 98 valence electrons. The van der Waals surface area contributed by atoms with Crippen LogP contribution in [0.1, 0.15) is 37.6 Å². The van der Waals surface area contributed by atoms with Crippen LogP contribution in [0.2, 0.25) is 0 Å². The van der Waals surface area contributed by atoms with E-state index < -0.39 is 0 Å². The maximum absolute atomic E-state index is 4.71. The van der Waals surface area contributed by atoms with Gasteiger partial charge in [0.25, 0.3) is 0 Å². The highest BCUT2D eigenvalue weighted by molar-refractivity contribution is 5.40. The number of aromatic nitrogens is 2. The fourth-order valence-electron chi connectivity index (χ4n) is 2.80. The molecule has 0 bridgehead atoms. The van der Waals surface area contributed by atoms with Gasteiger partial charge in [-0.1, -0.05) is 36.8 Å². The van der Waals surface area contributed by atoms with Crippen LogP contribution in [-0.4, -0.2) is 16.5 Å². The summed E-state index contributed by atoms with van der Waals surface area (Å²) >= 11 is 0. The summed E-state index contributed by atoms with van der Waals surface area (Å²) in [5, 5.41) is 3.27. The Kier molecular flexibility index (Phi) is 3.20. The molecule has 1 aliphatic carbocycles. The van der Waals surface area contributed by atoms with Crippen molar-refractivity contribution in [1.29, 1.82) is 0 Å². The third-order valence-corrected chi connectivity index (χ3v) is 3.97. The second-order valence-electron chi connectivity index (χ2n) is 5.10. The summed E-state index contributed by atoms with van der Waals surface area (Å²) in [6.45, 7) is 2.97. The van der Waals surface area contributed by atoms with Gasteiger partial charge >= 0.3 is 0 Å². The topological polar surface area (TPSA) is 37.8 Å². The fraction of sp³-hybridized carbons (Fsp3) is 0.375. The van der Waals surface area contributed by atoms with Crippen molar-refractivity contribution in [3.8, 4) is 0 Å². The van der Waals surface area contributed by atoms with E-state index in [1.807, 2.05) is 12.3 Å². The molecular weight excluding hydrogens is 234 g/mol. The zero-order valence-corrected chi connectivity index (χ0v) is 11.3. The Morgan fingerprint density at radius 1 is 1.16 bits per heavy atom. The highest BCUT2D eigenvalue weighted by Gasteiger charge is 2.42. The lowest BCUT2D eigenvalue weighted by Gasteiger charge is -2.41. The predicted octanol–water partition coefficient (Wildman–Crippen LogP) is 3.38. The molecule has 0 aliphatic heterocycles. The van der Waals surface area contributed by atoms with Crippen molar-refractivity contribution in [2.75, 3.05) is 11.9 Å². The van der Waals surface area contributed by atoms with Crippen LogP contribution < -0.4 is 5.32 Å². The average molecular weight is 253 g/mol. The van der Waals surface area contributed by atoms with E-state index in [-0.39, 0.29) is 5.41 Å². The number of benzene rings is 1. The molecule has 0 amide bonds. The average Bonchev–Trinajstić information content (AvgIpc) is 2.40. The van der Waals surface area contributed by atoms with Gasteiger partial charge in [0.1, 0.15) is 11.6 Å². The SMILES string of the molecule is CCNc1ccnc(C2(c3ccccc3)CCC2)n1. The molecule has 1 heterocycles. The first-order chi connectivity index (χ1) is 9.35. The van der Waals surface area contributed by atoms with E-state index in [9.17, 15) is 0 Å². The summed E-state index contributed by atoms with van der Waals surface area (Å²) in [5.74, 6) is 1.89. The highest BCUT2D eigenvalue weighted by atomic mass is 15.0. The molecule has 1 aromatic carbocycles. The number of hydrogen-bond donors (Lipinski definition) is 1. The largest absolute Gasteiger partial charge is 0.370 e. The normalized spacial score (nSPS) is 16.7. The van der Waals surface area contributed by atoms with Crippen molar-refractivity contribution in [1.82, 2.24) is 9.97 Å². The summed E-state index contributed by atoms with van der Waals surface area (Å²) in [6.07, 6.45) is 5.41. The molecule has 2 aromatic rings. The number of anilines is 1. The molecule has 3 nitrogen and oxygen atoms in total. The maximum atomic E-state index is 4.71. The molecule has 1 fully saturated rings. The summed E-state index contributed by atoms with van der Waals surface area (Å²) in [7, 11) is 0. The van der Waals surface area contributed by atoms with Gasteiger partial charge in [-0.2, -0.15) is 0 Å². The highest BCUT2D eigenvalue weighted by Crippen LogP contribution is 2.47. The Labute approximate surface area is 114 Å². The lowest BCUT2D eigenvalue weighted by atomic mass is 9.64. The van der Waals surface area contributed by atoms with E-state index >= 15 is 0 Å². The van der Waals surface area contributed by atoms with Crippen LogP contribution in [0.25, 0.3) is 0 Å². The van der Waals surface area contributed by atoms with Gasteiger partial charge in [-0.25, -0.2) is 9.97 Å². The molecule has 1 N–H and O–H groups in total. The monoisotopic (exact) mass is 253 g/mol. The first-order valence-corrected chi connectivity index (χ1v) is 6.98. The molecule has 0 radical (unpaired) electrons. The number of rotatable bonds is 4. The Morgan fingerprint density at radius 2 is 1.95 bits per heavy atom. The van der Waals surface area contributed by atoms with E-state index in [1.165, 1.54) is 12.0 Å². The van der Waals surface area contributed by atoms with Gasteiger partial charge in [0.2, 0.25) is 0 Å². The van der Waals surface area contributed by atoms with Crippen LogP contribution in [0.4, 0.5) is 5.82 Å². The second-order valence-corrected chi connectivity index (χ2v) is 5.10. The van der Waals surface area contributed by atoms with Crippen molar-refractivity contribution in [3.63, 3.8) is 0 Å². The van der Waals surface area contributed by atoms with Gasteiger partial charge in [-0.15, -0.1) is 0 Å². The Hall–Kier alpha value is -1.90. The van der Waals surface area contributed by atoms with Crippen LogP contribution in [0.15, 0.2) is 42.6 Å². The number of hydrogen-bond acceptors (Lipinski definition) is 3. The fourth-order valence-corrected chi connectivity index (χ4v) is 2.80. The van der Waals surface area contributed by atoms with Crippen LogP contribution in [0.3, 0.4) is 0 Å². The molecular formula is C16H19N3. The standard InChI is InChI=1S/C16H19N3/c1-2-17-14-9-12-18-15(19-14)16(10-6-11-16)13-7-4-3-5-8-13/h3-5,7-9,12H,2,6,10-11H2,1H3,(H,17,18,19). The smallest absolute Gasteiger partial charge is 0.141 e. The van der Waals surface area contributed by atoms with E-state index in [4.69, 9.17) is 4.98 Å². The van der Waals surface area contributed by atoms with Gasteiger partial charge in [-0.3, -0.25) is 0 Å².